The predicted octanol–water partition coefficient (Wildman–Crippen LogP) is 0.833. The average molecular weight is 208 g/mol. The summed E-state index contributed by atoms with van der Waals surface area (Å²) in [6.07, 6.45) is 0. The van der Waals surface area contributed by atoms with Gasteiger partial charge in [-0.05, 0) is 25.2 Å². The third-order valence-electron chi connectivity index (χ3n) is 2.14. The summed E-state index contributed by atoms with van der Waals surface area (Å²) in [6, 6.07) is 6.41. The summed E-state index contributed by atoms with van der Waals surface area (Å²) in [6.45, 7) is 0.692. The molecule has 1 aromatic rings. The molecule has 15 heavy (non-hydrogen) atoms. The lowest BCUT2D eigenvalue weighted by Gasteiger charge is -2.16. The highest BCUT2D eigenvalue weighted by molar-refractivity contribution is 5.75. The molecule has 0 aliphatic carbocycles. The van der Waals surface area contributed by atoms with Crippen molar-refractivity contribution in [2.45, 2.75) is 12.6 Å². The maximum atomic E-state index is 10.8. The molecule has 0 bridgehead atoms. The molecule has 3 N–H and O–H groups in total. The molecule has 4 heteroatoms. The minimum atomic E-state index is -0.999. The average Bonchev–Trinajstić information content (AvgIpc) is 2.16. The topological polar surface area (TPSA) is 66.6 Å². The first-order valence-electron chi connectivity index (χ1n) is 4.73. The zero-order chi connectivity index (χ0) is 11.4. The first kappa shape index (κ1) is 11.7. The number of carboxylic acid groups (broad SMARTS) is 1. The molecule has 1 unspecified atom stereocenters. The van der Waals surface area contributed by atoms with Crippen molar-refractivity contribution in [1.82, 2.24) is 4.90 Å². The van der Waals surface area contributed by atoms with Crippen LogP contribution in [0.25, 0.3) is 0 Å². The highest BCUT2D eigenvalue weighted by atomic mass is 16.4. The van der Waals surface area contributed by atoms with Crippen LogP contribution in [0.5, 0.6) is 0 Å². The van der Waals surface area contributed by atoms with E-state index in [4.69, 9.17) is 10.8 Å². The molecule has 0 spiro atoms. The Labute approximate surface area is 89.3 Å². The number of aliphatic carboxylic acids is 1. The molecule has 4 nitrogen and oxygen atoms in total. The Bertz CT molecular complexity index is 350. The van der Waals surface area contributed by atoms with Gasteiger partial charge in [0, 0.05) is 6.54 Å². The first-order valence-corrected chi connectivity index (χ1v) is 4.73. The lowest BCUT2D eigenvalue weighted by molar-refractivity contribution is -0.138. The van der Waals surface area contributed by atoms with E-state index in [1.807, 2.05) is 31.1 Å². The minimum absolute atomic E-state index is 0.679. The Morgan fingerprint density at radius 3 is 2.60 bits per heavy atom. The monoisotopic (exact) mass is 208 g/mol. The third-order valence-corrected chi connectivity index (χ3v) is 2.14. The number of rotatable bonds is 4. The molecule has 82 valence electrons. The number of hydrogen-bond donors (Lipinski definition) is 2. The SMILES string of the molecule is CN(C)Cc1ccccc1C(N)C(=O)O. The van der Waals surface area contributed by atoms with Crippen LogP contribution in [0.4, 0.5) is 0 Å². The van der Waals surface area contributed by atoms with Crippen LogP contribution in [0, 0.1) is 0 Å². The molecule has 1 aromatic carbocycles. The van der Waals surface area contributed by atoms with Crippen LogP contribution in [0.1, 0.15) is 17.2 Å². The molecule has 0 aliphatic heterocycles. The van der Waals surface area contributed by atoms with E-state index in [9.17, 15) is 4.79 Å². The fourth-order valence-corrected chi connectivity index (χ4v) is 1.46. The van der Waals surface area contributed by atoms with E-state index in [1.54, 1.807) is 12.1 Å². The zero-order valence-electron chi connectivity index (χ0n) is 8.97. The summed E-state index contributed by atoms with van der Waals surface area (Å²) in [7, 11) is 3.87. The van der Waals surface area contributed by atoms with Crippen LogP contribution in [0.15, 0.2) is 24.3 Å². The van der Waals surface area contributed by atoms with Gasteiger partial charge >= 0.3 is 5.97 Å². The Morgan fingerprint density at radius 1 is 1.47 bits per heavy atom. The summed E-state index contributed by atoms with van der Waals surface area (Å²) >= 11 is 0. The number of carbonyl (C=O) groups is 1. The molecule has 0 fully saturated rings. The Morgan fingerprint density at radius 2 is 2.07 bits per heavy atom. The Hall–Kier alpha value is -1.39. The van der Waals surface area contributed by atoms with Crippen LogP contribution in [-0.2, 0) is 11.3 Å². The van der Waals surface area contributed by atoms with Gasteiger partial charge in [-0.15, -0.1) is 0 Å². The summed E-state index contributed by atoms with van der Waals surface area (Å²) < 4.78 is 0. The maximum Gasteiger partial charge on any atom is 0.325 e. The third kappa shape index (κ3) is 3.04. The van der Waals surface area contributed by atoms with Gasteiger partial charge in [0.1, 0.15) is 6.04 Å². The number of nitrogens with zero attached hydrogens (tertiary/aromatic N) is 1. The van der Waals surface area contributed by atoms with E-state index in [2.05, 4.69) is 0 Å². The Balaban J connectivity index is 3.00. The van der Waals surface area contributed by atoms with Crippen molar-refractivity contribution in [3.05, 3.63) is 35.4 Å². The second kappa shape index (κ2) is 4.91. The molecule has 0 heterocycles. The predicted molar refractivity (Wildman–Crippen MR) is 58.4 cm³/mol. The van der Waals surface area contributed by atoms with E-state index < -0.39 is 12.0 Å². The highest BCUT2D eigenvalue weighted by Crippen LogP contribution is 2.17. The molecule has 0 saturated carbocycles. The van der Waals surface area contributed by atoms with E-state index in [0.717, 1.165) is 5.56 Å². The lowest BCUT2D eigenvalue weighted by atomic mass is 10.0. The molecule has 0 aromatic heterocycles. The van der Waals surface area contributed by atoms with Gasteiger partial charge in [-0.2, -0.15) is 0 Å². The quantitative estimate of drug-likeness (QED) is 0.769. The van der Waals surface area contributed by atoms with Crippen LogP contribution < -0.4 is 5.73 Å². The van der Waals surface area contributed by atoms with Gasteiger partial charge in [0.25, 0.3) is 0 Å². The van der Waals surface area contributed by atoms with E-state index in [-0.39, 0.29) is 0 Å². The van der Waals surface area contributed by atoms with Crippen molar-refractivity contribution in [3.63, 3.8) is 0 Å². The minimum Gasteiger partial charge on any atom is -0.480 e. The van der Waals surface area contributed by atoms with Crippen LogP contribution in [0.2, 0.25) is 0 Å². The largest absolute Gasteiger partial charge is 0.480 e. The van der Waals surface area contributed by atoms with Crippen LogP contribution >= 0.6 is 0 Å². The van der Waals surface area contributed by atoms with Gasteiger partial charge in [-0.25, -0.2) is 0 Å². The number of carboxylic acids is 1. The second-order valence-electron chi connectivity index (χ2n) is 3.75. The fraction of sp³-hybridized carbons (Fsp3) is 0.364. The van der Waals surface area contributed by atoms with Crippen LogP contribution in [0.3, 0.4) is 0 Å². The second-order valence-corrected chi connectivity index (χ2v) is 3.75. The summed E-state index contributed by atoms with van der Waals surface area (Å²) in [5.41, 5.74) is 7.23. The molecule has 1 atom stereocenters. The van der Waals surface area contributed by atoms with E-state index in [0.29, 0.717) is 12.1 Å². The fourth-order valence-electron chi connectivity index (χ4n) is 1.46. The highest BCUT2D eigenvalue weighted by Gasteiger charge is 2.17. The van der Waals surface area contributed by atoms with Crippen LogP contribution in [-0.4, -0.2) is 30.1 Å². The van der Waals surface area contributed by atoms with Crippen molar-refractivity contribution in [2.24, 2.45) is 5.73 Å². The van der Waals surface area contributed by atoms with E-state index >= 15 is 0 Å². The molecular weight excluding hydrogens is 192 g/mol. The molecule has 1 rings (SSSR count). The van der Waals surface area contributed by atoms with Crippen molar-refractivity contribution in [2.75, 3.05) is 14.1 Å². The standard InChI is InChI=1S/C11H16N2O2/c1-13(2)7-8-5-3-4-6-9(8)10(12)11(14)15/h3-6,10H,7,12H2,1-2H3,(H,14,15). The summed E-state index contributed by atoms with van der Waals surface area (Å²) in [5, 5.41) is 8.86. The molecule has 0 amide bonds. The smallest absolute Gasteiger partial charge is 0.325 e. The van der Waals surface area contributed by atoms with Gasteiger partial charge in [-0.3, -0.25) is 4.79 Å². The summed E-state index contributed by atoms with van der Waals surface area (Å²) in [4.78, 5) is 12.8. The number of benzene rings is 1. The summed E-state index contributed by atoms with van der Waals surface area (Å²) in [5.74, 6) is -0.999. The molecule has 0 aliphatic rings. The first-order chi connectivity index (χ1) is 7.02. The molecular formula is C11H16N2O2. The van der Waals surface area contributed by atoms with Crippen molar-refractivity contribution >= 4 is 5.97 Å². The molecule has 0 saturated heterocycles. The van der Waals surface area contributed by atoms with Gasteiger partial charge in [-0.1, -0.05) is 24.3 Å². The van der Waals surface area contributed by atoms with Crippen molar-refractivity contribution in [3.8, 4) is 0 Å². The Kier molecular flexibility index (Phi) is 3.82. The van der Waals surface area contributed by atoms with Gasteiger partial charge in [0.2, 0.25) is 0 Å². The van der Waals surface area contributed by atoms with Gasteiger partial charge in [0.05, 0.1) is 0 Å². The van der Waals surface area contributed by atoms with Gasteiger partial charge < -0.3 is 15.7 Å². The number of hydrogen-bond acceptors (Lipinski definition) is 3. The lowest BCUT2D eigenvalue weighted by Crippen LogP contribution is -2.23. The van der Waals surface area contributed by atoms with E-state index in [1.165, 1.54) is 0 Å². The molecule has 0 radical (unpaired) electrons. The maximum absolute atomic E-state index is 10.8. The zero-order valence-corrected chi connectivity index (χ0v) is 8.97. The number of nitrogens with two attached hydrogens (primary N) is 1. The van der Waals surface area contributed by atoms with Crippen molar-refractivity contribution < 1.29 is 9.90 Å². The van der Waals surface area contributed by atoms with Crippen molar-refractivity contribution in [1.29, 1.82) is 0 Å². The van der Waals surface area contributed by atoms with Gasteiger partial charge in [0.15, 0.2) is 0 Å². The normalized spacial score (nSPS) is 12.8.